The molecule has 0 radical (unpaired) electrons. The summed E-state index contributed by atoms with van der Waals surface area (Å²) in [5.41, 5.74) is 1.19. The molecule has 1 nitrogen and oxygen atoms in total. The van der Waals surface area contributed by atoms with Gasteiger partial charge in [-0.15, -0.1) is 0 Å². The molecule has 0 spiro atoms. The summed E-state index contributed by atoms with van der Waals surface area (Å²) in [6.07, 6.45) is 20.3. The van der Waals surface area contributed by atoms with Crippen molar-refractivity contribution < 1.29 is 4.39 Å². The first kappa shape index (κ1) is 21.9. The Balaban J connectivity index is 1.53. The average Bonchev–Trinajstić information content (AvgIpc) is 2.69. The molecule has 0 heterocycles. The minimum Gasteiger partial charge on any atom is -0.206 e. The Morgan fingerprint density at radius 1 is 0.889 bits per heavy atom. The lowest BCUT2D eigenvalue weighted by atomic mass is 9.77. The third-order valence-corrected chi connectivity index (χ3v) is 6.43. The molecule has 0 atom stereocenters. The zero-order valence-electron chi connectivity index (χ0n) is 17.3. The maximum atomic E-state index is 13.7. The predicted octanol–water partition coefficient (Wildman–Crippen LogP) is 7.97. The molecule has 1 aliphatic carbocycles. The van der Waals surface area contributed by atoms with Crippen molar-refractivity contribution in [2.24, 2.45) is 11.8 Å². The molecule has 27 heavy (non-hydrogen) atoms. The van der Waals surface area contributed by atoms with Gasteiger partial charge in [0.15, 0.2) is 0 Å². The van der Waals surface area contributed by atoms with Crippen molar-refractivity contribution in [3.05, 3.63) is 35.1 Å². The van der Waals surface area contributed by atoms with Crippen LogP contribution >= 0.6 is 0 Å². The number of aryl methyl sites for hydroxylation is 1. The number of nitrogens with zero attached hydrogens (tertiary/aromatic N) is 1. The number of halogens is 1. The molecule has 0 aromatic heterocycles. The van der Waals surface area contributed by atoms with Crippen LogP contribution < -0.4 is 0 Å². The van der Waals surface area contributed by atoms with E-state index in [1.807, 2.05) is 12.1 Å². The zero-order valence-corrected chi connectivity index (χ0v) is 17.3. The van der Waals surface area contributed by atoms with Crippen molar-refractivity contribution >= 4 is 0 Å². The number of nitriles is 1. The van der Waals surface area contributed by atoms with Gasteiger partial charge in [0.25, 0.3) is 0 Å². The number of benzene rings is 1. The fourth-order valence-electron chi connectivity index (χ4n) is 4.55. The first-order valence-electron chi connectivity index (χ1n) is 11.4. The second kappa shape index (κ2) is 12.9. The number of hydrogen-bond acceptors (Lipinski definition) is 1. The van der Waals surface area contributed by atoms with E-state index in [2.05, 4.69) is 6.92 Å². The molecule has 2 rings (SSSR count). The van der Waals surface area contributed by atoms with Crippen LogP contribution in [0.3, 0.4) is 0 Å². The highest BCUT2D eigenvalue weighted by Gasteiger charge is 2.20. The number of hydrogen-bond donors (Lipinski definition) is 0. The smallest absolute Gasteiger partial charge is 0.141 e. The third-order valence-electron chi connectivity index (χ3n) is 6.43. The molecule has 1 fully saturated rings. The van der Waals surface area contributed by atoms with Crippen molar-refractivity contribution in [2.45, 2.75) is 103 Å². The van der Waals surface area contributed by atoms with E-state index in [0.29, 0.717) is 0 Å². The van der Waals surface area contributed by atoms with Crippen LogP contribution in [0, 0.1) is 29.0 Å². The Morgan fingerprint density at radius 3 is 2.07 bits per heavy atom. The lowest BCUT2D eigenvalue weighted by Gasteiger charge is -2.28. The Kier molecular flexibility index (Phi) is 10.5. The van der Waals surface area contributed by atoms with Crippen molar-refractivity contribution in [1.29, 1.82) is 5.26 Å². The molecular weight excluding hydrogens is 333 g/mol. The van der Waals surface area contributed by atoms with E-state index in [1.54, 1.807) is 12.1 Å². The van der Waals surface area contributed by atoms with E-state index in [0.717, 1.165) is 30.2 Å². The Hall–Kier alpha value is -1.36. The summed E-state index contributed by atoms with van der Waals surface area (Å²) in [5, 5.41) is 8.81. The van der Waals surface area contributed by atoms with Gasteiger partial charge in [0, 0.05) is 0 Å². The van der Waals surface area contributed by atoms with Gasteiger partial charge in [-0.25, -0.2) is 4.39 Å². The average molecular weight is 372 g/mol. The van der Waals surface area contributed by atoms with Gasteiger partial charge in [0.05, 0.1) is 5.56 Å². The Bertz CT molecular complexity index is 566. The lowest BCUT2D eigenvalue weighted by molar-refractivity contribution is 0.248. The van der Waals surface area contributed by atoms with Gasteiger partial charge in [-0.05, 0) is 42.4 Å². The van der Waals surface area contributed by atoms with Crippen LogP contribution in [0.25, 0.3) is 0 Å². The summed E-state index contributed by atoms with van der Waals surface area (Å²) >= 11 is 0. The van der Waals surface area contributed by atoms with E-state index in [9.17, 15) is 4.39 Å². The second-order valence-corrected chi connectivity index (χ2v) is 8.61. The maximum Gasteiger partial charge on any atom is 0.141 e. The largest absolute Gasteiger partial charge is 0.206 e. The molecule has 1 aliphatic rings. The molecule has 0 amide bonds. The summed E-state index contributed by atoms with van der Waals surface area (Å²) < 4.78 is 13.7. The monoisotopic (exact) mass is 371 g/mol. The molecule has 1 aromatic rings. The third kappa shape index (κ3) is 8.46. The highest BCUT2D eigenvalue weighted by atomic mass is 19.1. The molecule has 0 saturated heterocycles. The summed E-state index contributed by atoms with van der Waals surface area (Å²) in [5.74, 6) is 1.39. The van der Waals surface area contributed by atoms with Crippen LogP contribution in [-0.2, 0) is 6.42 Å². The van der Waals surface area contributed by atoms with E-state index in [-0.39, 0.29) is 11.4 Å². The van der Waals surface area contributed by atoms with Crippen molar-refractivity contribution in [2.75, 3.05) is 0 Å². The minimum atomic E-state index is -0.371. The van der Waals surface area contributed by atoms with Crippen molar-refractivity contribution in [1.82, 2.24) is 0 Å². The highest BCUT2D eigenvalue weighted by molar-refractivity contribution is 5.33. The van der Waals surface area contributed by atoms with E-state index in [4.69, 9.17) is 5.26 Å². The van der Waals surface area contributed by atoms with Crippen LogP contribution in [0.15, 0.2) is 18.2 Å². The molecule has 0 aliphatic heterocycles. The first-order chi connectivity index (χ1) is 13.2. The van der Waals surface area contributed by atoms with E-state index in [1.165, 1.54) is 83.5 Å². The summed E-state index contributed by atoms with van der Waals surface area (Å²) in [4.78, 5) is 0. The molecule has 0 bridgehead atoms. The predicted molar refractivity (Wildman–Crippen MR) is 112 cm³/mol. The van der Waals surface area contributed by atoms with Gasteiger partial charge in [-0.3, -0.25) is 0 Å². The Labute approximate surface area is 166 Å². The van der Waals surface area contributed by atoms with E-state index >= 15 is 0 Å². The second-order valence-electron chi connectivity index (χ2n) is 8.61. The van der Waals surface area contributed by atoms with Gasteiger partial charge in [-0.2, -0.15) is 5.26 Å². The summed E-state index contributed by atoms with van der Waals surface area (Å²) in [6.45, 7) is 2.28. The topological polar surface area (TPSA) is 23.8 Å². The molecule has 150 valence electrons. The molecule has 0 N–H and O–H groups in total. The van der Waals surface area contributed by atoms with Crippen molar-refractivity contribution in [3.63, 3.8) is 0 Å². The molecular formula is C25H38FN. The van der Waals surface area contributed by atoms with E-state index < -0.39 is 0 Å². The molecule has 1 saturated carbocycles. The van der Waals surface area contributed by atoms with Crippen molar-refractivity contribution in [3.8, 4) is 6.07 Å². The molecule has 2 heteroatoms. The minimum absolute atomic E-state index is 0.153. The number of unbranched alkanes of at least 4 members (excludes halogenated alkanes) is 7. The standard InChI is InChI=1S/C25H38FN/c1-2-3-4-5-6-7-8-9-10-21-11-13-22(14-12-21)15-16-23-17-18-24(20-27)25(26)19-23/h17-19,21-22H,2-16H2,1H3/t21-,22-. The van der Waals surface area contributed by atoms with Crippen LogP contribution in [0.1, 0.15) is 108 Å². The summed E-state index contributed by atoms with van der Waals surface area (Å²) in [7, 11) is 0. The Morgan fingerprint density at radius 2 is 1.48 bits per heavy atom. The number of rotatable bonds is 12. The van der Waals surface area contributed by atoms with Crippen LogP contribution in [0.2, 0.25) is 0 Å². The van der Waals surface area contributed by atoms with Gasteiger partial charge < -0.3 is 0 Å². The fraction of sp³-hybridized carbons (Fsp3) is 0.720. The van der Waals surface area contributed by atoms with Crippen LogP contribution in [-0.4, -0.2) is 0 Å². The zero-order chi connectivity index (χ0) is 19.3. The maximum absolute atomic E-state index is 13.7. The van der Waals surface area contributed by atoms with Gasteiger partial charge >= 0.3 is 0 Å². The highest BCUT2D eigenvalue weighted by Crippen LogP contribution is 2.34. The quantitative estimate of drug-likeness (QED) is 0.342. The summed E-state index contributed by atoms with van der Waals surface area (Å²) in [6, 6.07) is 6.97. The fourth-order valence-corrected chi connectivity index (χ4v) is 4.55. The van der Waals surface area contributed by atoms with Crippen LogP contribution in [0.4, 0.5) is 4.39 Å². The molecule has 1 aromatic carbocycles. The normalized spacial score (nSPS) is 19.7. The first-order valence-corrected chi connectivity index (χ1v) is 11.4. The van der Waals surface area contributed by atoms with Crippen LogP contribution in [0.5, 0.6) is 0 Å². The van der Waals surface area contributed by atoms with Gasteiger partial charge in [0.2, 0.25) is 0 Å². The lowest BCUT2D eigenvalue weighted by Crippen LogP contribution is -2.15. The van der Waals surface area contributed by atoms with Gasteiger partial charge in [-0.1, -0.05) is 96.5 Å². The van der Waals surface area contributed by atoms with Gasteiger partial charge in [0.1, 0.15) is 11.9 Å². The molecule has 0 unspecified atom stereocenters. The SMILES string of the molecule is CCCCCCCCCC[C@H]1CC[C@H](CCc2ccc(C#N)c(F)c2)CC1.